The van der Waals surface area contributed by atoms with E-state index in [4.69, 9.17) is 4.74 Å². The molecule has 0 amide bonds. The Morgan fingerprint density at radius 3 is 2.47 bits per heavy atom. The van der Waals surface area contributed by atoms with Crippen LogP contribution in [0, 0.1) is 0 Å². The van der Waals surface area contributed by atoms with Crippen molar-refractivity contribution in [2.75, 3.05) is 14.2 Å². The summed E-state index contributed by atoms with van der Waals surface area (Å²) in [6.07, 6.45) is 2.33. The number of rotatable bonds is 3. The number of hydrogen-bond acceptors (Lipinski definition) is 4. The second-order valence-electron chi connectivity index (χ2n) is 4.96. The highest BCUT2D eigenvalue weighted by Crippen LogP contribution is 2.34. The summed E-state index contributed by atoms with van der Waals surface area (Å²) in [5, 5.41) is 10.1. The van der Waals surface area contributed by atoms with Crippen LogP contribution in [0.25, 0.3) is 0 Å². The molecule has 0 spiro atoms. The van der Waals surface area contributed by atoms with Crippen molar-refractivity contribution in [1.29, 1.82) is 0 Å². The number of esters is 1. The fourth-order valence-corrected chi connectivity index (χ4v) is 2.67. The van der Waals surface area contributed by atoms with Crippen LogP contribution in [0.15, 0.2) is 24.3 Å². The number of carbonyl (C=O) groups excluding carboxylic acids is 1. The van der Waals surface area contributed by atoms with Crippen molar-refractivity contribution in [2.24, 2.45) is 0 Å². The first-order valence-electron chi connectivity index (χ1n) is 6.55. The van der Waals surface area contributed by atoms with Gasteiger partial charge in [-0.25, -0.2) is 4.79 Å². The Hall–Kier alpha value is -1.39. The lowest BCUT2D eigenvalue weighted by atomic mass is 9.80. The third-order valence-electron chi connectivity index (χ3n) is 3.86. The monoisotopic (exact) mass is 264 g/mol. The number of methoxy groups -OCH3 is 2. The molecule has 0 aliphatic heterocycles. The SMILES string of the molecule is COC(=O)c1ccc([C@@H]2C[C@@H](OC)CC[C@H]2O)cc1. The molecule has 0 unspecified atom stereocenters. The topological polar surface area (TPSA) is 55.8 Å². The second-order valence-corrected chi connectivity index (χ2v) is 4.96. The van der Waals surface area contributed by atoms with Gasteiger partial charge in [-0.1, -0.05) is 12.1 Å². The van der Waals surface area contributed by atoms with E-state index in [0.717, 1.165) is 24.8 Å². The molecule has 1 saturated carbocycles. The number of aliphatic hydroxyl groups excluding tert-OH is 1. The molecule has 1 aromatic carbocycles. The minimum Gasteiger partial charge on any atom is -0.465 e. The van der Waals surface area contributed by atoms with Crippen molar-refractivity contribution in [2.45, 2.75) is 37.4 Å². The van der Waals surface area contributed by atoms with E-state index < -0.39 is 0 Å². The Morgan fingerprint density at radius 2 is 1.89 bits per heavy atom. The standard InChI is InChI=1S/C15H20O4/c1-18-12-7-8-14(16)13(9-12)10-3-5-11(6-4-10)15(17)19-2/h3-6,12-14,16H,7-9H2,1-2H3/t12-,13-,14+/m0/s1. The average Bonchev–Trinajstić information content (AvgIpc) is 2.47. The molecule has 4 nitrogen and oxygen atoms in total. The first-order valence-corrected chi connectivity index (χ1v) is 6.55. The minimum atomic E-state index is -0.342. The van der Waals surface area contributed by atoms with Crippen LogP contribution >= 0.6 is 0 Å². The van der Waals surface area contributed by atoms with E-state index in [2.05, 4.69) is 4.74 Å². The molecule has 0 bridgehead atoms. The highest BCUT2D eigenvalue weighted by atomic mass is 16.5. The van der Waals surface area contributed by atoms with E-state index in [1.807, 2.05) is 12.1 Å². The zero-order chi connectivity index (χ0) is 13.8. The van der Waals surface area contributed by atoms with E-state index >= 15 is 0 Å². The molecule has 19 heavy (non-hydrogen) atoms. The summed E-state index contributed by atoms with van der Waals surface area (Å²) in [5.41, 5.74) is 1.57. The van der Waals surface area contributed by atoms with Gasteiger partial charge >= 0.3 is 5.97 Å². The summed E-state index contributed by atoms with van der Waals surface area (Å²) in [5.74, 6) is -0.268. The van der Waals surface area contributed by atoms with Gasteiger partial charge in [0.2, 0.25) is 0 Å². The van der Waals surface area contributed by atoms with Crippen molar-refractivity contribution in [3.8, 4) is 0 Å². The van der Waals surface area contributed by atoms with Crippen molar-refractivity contribution in [3.05, 3.63) is 35.4 Å². The number of hydrogen-bond donors (Lipinski definition) is 1. The molecule has 2 rings (SSSR count). The van der Waals surface area contributed by atoms with Crippen LogP contribution < -0.4 is 0 Å². The summed E-state index contributed by atoms with van der Waals surface area (Å²) in [7, 11) is 3.07. The maximum Gasteiger partial charge on any atom is 0.337 e. The Morgan fingerprint density at radius 1 is 1.21 bits per heavy atom. The lowest BCUT2D eigenvalue weighted by Crippen LogP contribution is -2.31. The quantitative estimate of drug-likeness (QED) is 0.850. The predicted octanol–water partition coefficient (Wildman–Crippen LogP) is 2.12. The van der Waals surface area contributed by atoms with Gasteiger partial charge in [0.25, 0.3) is 0 Å². The molecule has 1 aromatic rings. The van der Waals surface area contributed by atoms with E-state index in [1.54, 1.807) is 19.2 Å². The van der Waals surface area contributed by atoms with Crippen LogP contribution in [0.2, 0.25) is 0 Å². The van der Waals surface area contributed by atoms with E-state index in [9.17, 15) is 9.90 Å². The fraction of sp³-hybridized carbons (Fsp3) is 0.533. The number of carbonyl (C=O) groups is 1. The summed E-state index contributed by atoms with van der Waals surface area (Å²) in [4.78, 5) is 11.4. The van der Waals surface area contributed by atoms with Gasteiger partial charge in [0.15, 0.2) is 0 Å². The first kappa shape index (κ1) is 14.0. The average molecular weight is 264 g/mol. The summed E-state index contributed by atoms with van der Waals surface area (Å²) in [6, 6.07) is 7.25. The van der Waals surface area contributed by atoms with E-state index in [0.29, 0.717) is 5.56 Å². The summed E-state index contributed by atoms with van der Waals surface area (Å²) in [6.45, 7) is 0. The van der Waals surface area contributed by atoms with Gasteiger partial charge in [0.05, 0.1) is 24.9 Å². The van der Waals surface area contributed by atoms with Gasteiger partial charge in [-0.2, -0.15) is 0 Å². The maximum atomic E-state index is 11.4. The third-order valence-corrected chi connectivity index (χ3v) is 3.86. The Bertz CT molecular complexity index is 426. The zero-order valence-electron chi connectivity index (χ0n) is 11.3. The lowest BCUT2D eigenvalue weighted by molar-refractivity contribution is 0.00981. The summed E-state index contributed by atoms with van der Waals surface area (Å²) >= 11 is 0. The van der Waals surface area contributed by atoms with Crippen LogP contribution in [0.5, 0.6) is 0 Å². The lowest BCUT2D eigenvalue weighted by Gasteiger charge is -2.32. The van der Waals surface area contributed by atoms with Gasteiger partial charge in [0.1, 0.15) is 0 Å². The highest BCUT2D eigenvalue weighted by Gasteiger charge is 2.30. The van der Waals surface area contributed by atoms with Crippen LogP contribution in [-0.4, -0.2) is 37.5 Å². The van der Waals surface area contributed by atoms with Gasteiger partial charge in [0, 0.05) is 13.0 Å². The molecule has 1 aliphatic rings. The van der Waals surface area contributed by atoms with Gasteiger partial charge < -0.3 is 14.6 Å². The maximum absolute atomic E-state index is 11.4. The molecule has 0 heterocycles. The number of ether oxygens (including phenoxy) is 2. The first-order chi connectivity index (χ1) is 9.15. The van der Waals surface area contributed by atoms with Crippen molar-refractivity contribution < 1.29 is 19.4 Å². The predicted molar refractivity (Wildman–Crippen MR) is 71.2 cm³/mol. The summed E-state index contributed by atoms with van der Waals surface area (Å²) < 4.78 is 10.1. The number of benzene rings is 1. The normalized spacial score (nSPS) is 27.0. The Kier molecular flexibility index (Phi) is 4.56. The third kappa shape index (κ3) is 3.14. The van der Waals surface area contributed by atoms with E-state index in [1.165, 1.54) is 7.11 Å². The molecule has 1 aliphatic carbocycles. The zero-order valence-corrected chi connectivity index (χ0v) is 11.3. The van der Waals surface area contributed by atoms with Gasteiger partial charge in [-0.15, -0.1) is 0 Å². The van der Waals surface area contributed by atoms with Crippen LogP contribution in [-0.2, 0) is 9.47 Å². The van der Waals surface area contributed by atoms with Crippen molar-refractivity contribution >= 4 is 5.97 Å². The van der Waals surface area contributed by atoms with Crippen LogP contribution in [0.3, 0.4) is 0 Å². The molecule has 3 atom stereocenters. The molecule has 0 aromatic heterocycles. The van der Waals surface area contributed by atoms with Gasteiger partial charge in [-0.05, 0) is 37.0 Å². The van der Waals surface area contributed by atoms with Crippen LogP contribution in [0.4, 0.5) is 0 Å². The van der Waals surface area contributed by atoms with Crippen LogP contribution in [0.1, 0.15) is 41.1 Å². The van der Waals surface area contributed by atoms with Gasteiger partial charge in [-0.3, -0.25) is 0 Å². The minimum absolute atomic E-state index is 0.0744. The second kappa shape index (κ2) is 6.17. The largest absolute Gasteiger partial charge is 0.465 e. The molecule has 1 fully saturated rings. The van der Waals surface area contributed by atoms with Crippen molar-refractivity contribution in [3.63, 3.8) is 0 Å². The highest BCUT2D eigenvalue weighted by molar-refractivity contribution is 5.89. The molecule has 0 radical (unpaired) electrons. The molecule has 0 saturated heterocycles. The fourth-order valence-electron chi connectivity index (χ4n) is 2.67. The smallest absolute Gasteiger partial charge is 0.337 e. The molecular weight excluding hydrogens is 244 g/mol. The number of aliphatic hydroxyl groups is 1. The molecular formula is C15H20O4. The Balaban J connectivity index is 2.14. The molecule has 1 N–H and O–H groups in total. The van der Waals surface area contributed by atoms with Crippen molar-refractivity contribution in [1.82, 2.24) is 0 Å². The molecule has 104 valence electrons. The molecule has 4 heteroatoms. The Labute approximate surface area is 113 Å². The van der Waals surface area contributed by atoms with E-state index in [-0.39, 0.29) is 24.1 Å².